The highest BCUT2D eigenvalue weighted by Gasteiger charge is 2.60. The normalized spacial score (nSPS) is 27.2. The van der Waals surface area contributed by atoms with E-state index in [4.69, 9.17) is 0 Å². The number of carboxylic acids is 1. The Balaban J connectivity index is 1.86. The fourth-order valence-electron chi connectivity index (χ4n) is 3.69. The lowest BCUT2D eigenvalue weighted by molar-refractivity contribution is -0.148. The lowest BCUT2D eigenvalue weighted by atomic mass is 9.81. The number of aryl methyl sites for hydroxylation is 1. The summed E-state index contributed by atoms with van der Waals surface area (Å²) in [5.41, 5.74) is 0.259. The van der Waals surface area contributed by atoms with Crippen LogP contribution in [-0.2, 0) is 14.8 Å². The Morgan fingerprint density at radius 1 is 1.25 bits per heavy atom. The summed E-state index contributed by atoms with van der Waals surface area (Å²) < 4.78 is 24.7. The van der Waals surface area contributed by atoms with Crippen molar-refractivity contribution in [3.8, 4) is 0 Å². The monoisotopic (exact) mass is 352 g/mol. The van der Waals surface area contributed by atoms with Gasteiger partial charge in [0.1, 0.15) is 5.41 Å². The van der Waals surface area contributed by atoms with Crippen molar-refractivity contribution >= 4 is 21.9 Å². The minimum Gasteiger partial charge on any atom is -0.481 e. The molecule has 2 fully saturated rings. The van der Waals surface area contributed by atoms with E-state index in [-0.39, 0.29) is 32.1 Å². The molecule has 0 saturated carbocycles. The zero-order valence-corrected chi connectivity index (χ0v) is 14.4. The number of benzene rings is 1. The predicted octanol–water partition coefficient (Wildman–Crippen LogP) is 0.413. The van der Waals surface area contributed by atoms with Gasteiger partial charge in [-0.05, 0) is 19.1 Å². The molecule has 1 aromatic carbocycles. The van der Waals surface area contributed by atoms with Gasteiger partial charge in [0.25, 0.3) is 5.91 Å². The summed E-state index contributed by atoms with van der Waals surface area (Å²) >= 11 is 0. The standard InChI is InChI=1S/C16H20N2O5S/c1-11-4-3-5-12(6-11)14(19)17-7-13-8-18(24(2,22)23)10-16(13,9-17)15(20)21/h3-6,13H,7-10H2,1-2H3,(H,20,21)/t13-,16-/m1/s1. The second-order valence-corrected chi connectivity index (χ2v) is 8.75. The Bertz CT molecular complexity index is 806. The van der Waals surface area contributed by atoms with Crippen molar-refractivity contribution in [1.29, 1.82) is 0 Å². The highest BCUT2D eigenvalue weighted by atomic mass is 32.2. The number of hydrogen-bond acceptors (Lipinski definition) is 4. The molecule has 2 heterocycles. The van der Waals surface area contributed by atoms with Crippen LogP contribution < -0.4 is 0 Å². The molecule has 7 nitrogen and oxygen atoms in total. The van der Waals surface area contributed by atoms with E-state index >= 15 is 0 Å². The number of nitrogens with zero attached hydrogens (tertiary/aromatic N) is 2. The topological polar surface area (TPSA) is 95.0 Å². The third-order valence-corrected chi connectivity index (χ3v) is 6.24. The lowest BCUT2D eigenvalue weighted by Gasteiger charge is -2.24. The van der Waals surface area contributed by atoms with Crippen molar-refractivity contribution in [3.63, 3.8) is 0 Å². The van der Waals surface area contributed by atoms with Gasteiger partial charge in [0, 0.05) is 37.7 Å². The maximum Gasteiger partial charge on any atom is 0.313 e. The summed E-state index contributed by atoms with van der Waals surface area (Å²) in [5, 5.41) is 9.71. The van der Waals surface area contributed by atoms with E-state index in [0.717, 1.165) is 11.8 Å². The van der Waals surface area contributed by atoms with Crippen LogP contribution in [0.4, 0.5) is 0 Å². The molecule has 3 rings (SSSR count). The van der Waals surface area contributed by atoms with E-state index in [1.54, 1.807) is 18.2 Å². The zero-order chi connectivity index (χ0) is 17.7. The van der Waals surface area contributed by atoms with Gasteiger partial charge in [-0.3, -0.25) is 9.59 Å². The molecule has 1 amide bonds. The van der Waals surface area contributed by atoms with Crippen molar-refractivity contribution < 1.29 is 23.1 Å². The Morgan fingerprint density at radius 3 is 2.50 bits per heavy atom. The number of sulfonamides is 1. The molecule has 2 saturated heterocycles. The number of amides is 1. The van der Waals surface area contributed by atoms with Crippen LogP contribution in [0.1, 0.15) is 15.9 Å². The first-order valence-corrected chi connectivity index (χ1v) is 9.53. The fraction of sp³-hybridized carbons (Fsp3) is 0.500. The number of likely N-dealkylation sites (tertiary alicyclic amines) is 1. The number of fused-ring (bicyclic) bond motifs is 1. The smallest absolute Gasteiger partial charge is 0.313 e. The summed E-state index contributed by atoms with van der Waals surface area (Å²) in [6, 6.07) is 7.16. The summed E-state index contributed by atoms with van der Waals surface area (Å²) in [5.74, 6) is -1.64. The van der Waals surface area contributed by atoms with E-state index in [2.05, 4.69) is 0 Å². The highest BCUT2D eigenvalue weighted by molar-refractivity contribution is 7.88. The summed E-state index contributed by atoms with van der Waals surface area (Å²) in [7, 11) is -3.45. The molecule has 1 aromatic rings. The second-order valence-electron chi connectivity index (χ2n) is 6.77. The van der Waals surface area contributed by atoms with Crippen LogP contribution in [0, 0.1) is 18.3 Å². The Morgan fingerprint density at radius 2 is 1.96 bits per heavy atom. The van der Waals surface area contributed by atoms with Crippen molar-refractivity contribution in [3.05, 3.63) is 35.4 Å². The second kappa shape index (κ2) is 5.56. The Hall–Kier alpha value is -1.93. The van der Waals surface area contributed by atoms with Gasteiger partial charge < -0.3 is 10.0 Å². The van der Waals surface area contributed by atoms with Gasteiger partial charge in [-0.2, -0.15) is 0 Å². The summed E-state index contributed by atoms with van der Waals surface area (Å²) in [6.45, 7) is 2.24. The van der Waals surface area contributed by atoms with Crippen LogP contribution in [0.3, 0.4) is 0 Å². The quantitative estimate of drug-likeness (QED) is 0.850. The third kappa shape index (κ3) is 2.69. The molecule has 2 aliphatic heterocycles. The largest absolute Gasteiger partial charge is 0.481 e. The predicted molar refractivity (Wildman–Crippen MR) is 87.1 cm³/mol. The molecule has 0 bridgehead atoms. The van der Waals surface area contributed by atoms with Crippen LogP contribution in [0.15, 0.2) is 24.3 Å². The van der Waals surface area contributed by atoms with Crippen molar-refractivity contribution in [2.75, 3.05) is 32.4 Å². The molecule has 2 atom stereocenters. The van der Waals surface area contributed by atoms with Crippen LogP contribution in [0.2, 0.25) is 0 Å². The molecule has 0 unspecified atom stereocenters. The number of carbonyl (C=O) groups is 2. The Labute approximate surface area is 140 Å². The average Bonchev–Trinajstić information content (AvgIpc) is 3.01. The SMILES string of the molecule is Cc1cccc(C(=O)N2C[C@@H]3CN(S(C)(=O)=O)C[C@]3(C(=O)O)C2)c1. The molecule has 2 aliphatic rings. The fourth-order valence-corrected chi connectivity index (χ4v) is 4.61. The molecular formula is C16H20N2O5S. The van der Waals surface area contributed by atoms with E-state index in [0.29, 0.717) is 5.56 Å². The minimum atomic E-state index is -3.45. The molecule has 0 radical (unpaired) electrons. The molecule has 8 heteroatoms. The van der Waals surface area contributed by atoms with Gasteiger partial charge in [0.15, 0.2) is 0 Å². The number of aliphatic carboxylic acids is 1. The molecule has 130 valence electrons. The molecule has 24 heavy (non-hydrogen) atoms. The van der Waals surface area contributed by atoms with Crippen LogP contribution in [-0.4, -0.2) is 67.0 Å². The van der Waals surface area contributed by atoms with Gasteiger partial charge in [-0.25, -0.2) is 12.7 Å². The summed E-state index contributed by atoms with van der Waals surface area (Å²) in [6.07, 6.45) is 1.08. The minimum absolute atomic E-state index is 0.0335. The van der Waals surface area contributed by atoms with Crippen LogP contribution in [0.5, 0.6) is 0 Å². The first-order valence-electron chi connectivity index (χ1n) is 7.68. The average molecular weight is 352 g/mol. The molecule has 0 aromatic heterocycles. The lowest BCUT2D eigenvalue weighted by Crippen LogP contribution is -2.42. The van der Waals surface area contributed by atoms with Gasteiger partial charge in [0.05, 0.1) is 6.26 Å². The first kappa shape index (κ1) is 16.9. The van der Waals surface area contributed by atoms with E-state index in [1.807, 2.05) is 13.0 Å². The van der Waals surface area contributed by atoms with Gasteiger partial charge in [-0.1, -0.05) is 17.7 Å². The van der Waals surface area contributed by atoms with E-state index < -0.39 is 27.3 Å². The summed E-state index contributed by atoms with van der Waals surface area (Å²) in [4.78, 5) is 26.1. The Kier molecular flexibility index (Phi) is 3.92. The molecule has 1 N–H and O–H groups in total. The number of carbonyl (C=O) groups excluding carboxylic acids is 1. The van der Waals surface area contributed by atoms with Crippen molar-refractivity contribution in [2.45, 2.75) is 6.92 Å². The number of hydrogen-bond donors (Lipinski definition) is 1. The van der Waals surface area contributed by atoms with Gasteiger partial charge in [-0.15, -0.1) is 0 Å². The van der Waals surface area contributed by atoms with Crippen LogP contribution >= 0.6 is 0 Å². The number of rotatable bonds is 3. The maximum absolute atomic E-state index is 12.7. The molecular weight excluding hydrogens is 332 g/mol. The maximum atomic E-state index is 12.7. The number of carboxylic acid groups (broad SMARTS) is 1. The van der Waals surface area contributed by atoms with Gasteiger partial charge in [0.2, 0.25) is 10.0 Å². The first-order chi connectivity index (χ1) is 11.1. The van der Waals surface area contributed by atoms with Crippen molar-refractivity contribution in [1.82, 2.24) is 9.21 Å². The molecule has 0 aliphatic carbocycles. The van der Waals surface area contributed by atoms with E-state index in [9.17, 15) is 23.1 Å². The van der Waals surface area contributed by atoms with Crippen molar-refractivity contribution in [2.24, 2.45) is 11.3 Å². The molecule has 0 spiro atoms. The zero-order valence-electron chi connectivity index (χ0n) is 13.6. The third-order valence-electron chi connectivity index (χ3n) is 5.02. The van der Waals surface area contributed by atoms with E-state index in [1.165, 1.54) is 9.21 Å². The van der Waals surface area contributed by atoms with Crippen LogP contribution in [0.25, 0.3) is 0 Å². The van der Waals surface area contributed by atoms with Gasteiger partial charge >= 0.3 is 5.97 Å². The highest BCUT2D eigenvalue weighted by Crippen LogP contribution is 2.44.